The van der Waals surface area contributed by atoms with Gasteiger partial charge in [-0.1, -0.05) is 34.6 Å². The summed E-state index contributed by atoms with van der Waals surface area (Å²) in [6.45, 7) is 10.6. The summed E-state index contributed by atoms with van der Waals surface area (Å²) < 4.78 is 0. The van der Waals surface area contributed by atoms with E-state index in [4.69, 9.17) is 0 Å². The third-order valence-electron chi connectivity index (χ3n) is 5.18. The van der Waals surface area contributed by atoms with Crippen molar-refractivity contribution in [3.8, 4) is 0 Å². The molecule has 1 saturated carbocycles. The van der Waals surface area contributed by atoms with Gasteiger partial charge in [0.2, 0.25) is 11.8 Å². The smallest absolute Gasteiger partial charge is 0.246 e. The second-order valence-corrected chi connectivity index (χ2v) is 7.80. The van der Waals surface area contributed by atoms with E-state index in [1.54, 1.807) is 0 Å². The summed E-state index contributed by atoms with van der Waals surface area (Å²) in [6.07, 6.45) is 4.97. The number of hydrogen-bond acceptors (Lipinski definition) is 2. The number of carbonyl (C=O) groups excluding carboxylic acids is 2. The highest BCUT2D eigenvalue weighted by Gasteiger charge is 2.45. The third-order valence-corrected chi connectivity index (χ3v) is 5.18. The van der Waals surface area contributed by atoms with Crippen LogP contribution in [0, 0.1) is 11.3 Å². The summed E-state index contributed by atoms with van der Waals surface area (Å²) in [6, 6.07) is -0.396. The molecule has 0 bridgehead atoms. The number of nitrogens with one attached hydrogen (secondary N) is 1. The van der Waals surface area contributed by atoms with Gasteiger partial charge in [0.15, 0.2) is 0 Å². The third kappa shape index (κ3) is 3.24. The molecule has 21 heavy (non-hydrogen) atoms. The van der Waals surface area contributed by atoms with Gasteiger partial charge in [0.05, 0.1) is 0 Å². The molecule has 1 aliphatic carbocycles. The highest BCUT2D eigenvalue weighted by atomic mass is 16.2. The van der Waals surface area contributed by atoms with E-state index in [9.17, 15) is 9.59 Å². The Kier molecular flexibility index (Phi) is 4.64. The van der Waals surface area contributed by atoms with E-state index in [-0.39, 0.29) is 35.9 Å². The van der Waals surface area contributed by atoms with Crippen molar-refractivity contribution >= 4 is 11.8 Å². The van der Waals surface area contributed by atoms with Gasteiger partial charge in [-0.15, -0.1) is 0 Å². The van der Waals surface area contributed by atoms with Crippen molar-refractivity contribution in [2.24, 2.45) is 11.3 Å². The molecule has 1 N–H and O–H groups in total. The highest BCUT2D eigenvalue weighted by molar-refractivity contribution is 5.97. The zero-order valence-corrected chi connectivity index (χ0v) is 14.1. The van der Waals surface area contributed by atoms with E-state index in [0.29, 0.717) is 11.8 Å². The van der Waals surface area contributed by atoms with Crippen LogP contribution in [0.5, 0.6) is 0 Å². The molecule has 2 atom stereocenters. The van der Waals surface area contributed by atoms with Crippen molar-refractivity contribution < 1.29 is 9.59 Å². The summed E-state index contributed by atoms with van der Waals surface area (Å²) >= 11 is 0. The Balaban J connectivity index is 2.22. The van der Waals surface area contributed by atoms with Crippen molar-refractivity contribution in [3.63, 3.8) is 0 Å². The fraction of sp³-hybridized carbons (Fsp3) is 0.882. The number of rotatable bonds is 3. The Morgan fingerprint density at radius 2 is 1.81 bits per heavy atom. The van der Waals surface area contributed by atoms with Crippen molar-refractivity contribution in [3.05, 3.63) is 0 Å². The zero-order valence-electron chi connectivity index (χ0n) is 14.1. The van der Waals surface area contributed by atoms with Crippen LogP contribution in [-0.4, -0.2) is 34.8 Å². The maximum Gasteiger partial charge on any atom is 0.246 e. The molecular weight excluding hydrogens is 264 g/mol. The molecule has 4 nitrogen and oxygen atoms in total. The molecule has 4 heteroatoms. The van der Waals surface area contributed by atoms with Crippen LogP contribution in [-0.2, 0) is 9.59 Å². The van der Waals surface area contributed by atoms with Crippen LogP contribution in [0.25, 0.3) is 0 Å². The summed E-state index contributed by atoms with van der Waals surface area (Å²) in [7, 11) is 0. The zero-order chi connectivity index (χ0) is 15.8. The van der Waals surface area contributed by atoms with Gasteiger partial charge in [-0.25, -0.2) is 0 Å². The minimum Gasteiger partial charge on any atom is -0.343 e. The first-order chi connectivity index (χ1) is 9.76. The Hall–Kier alpha value is -1.06. The molecule has 2 rings (SSSR count). The van der Waals surface area contributed by atoms with E-state index in [1.165, 1.54) is 0 Å². The Morgan fingerprint density at radius 1 is 1.24 bits per heavy atom. The summed E-state index contributed by atoms with van der Waals surface area (Å²) in [5.74, 6) is 0.309. The molecule has 2 unspecified atom stereocenters. The van der Waals surface area contributed by atoms with Crippen LogP contribution in [0.1, 0.15) is 66.7 Å². The second kappa shape index (κ2) is 5.98. The van der Waals surface area contributed by atoms with Crippen molar-refractivity contribution in [2.45, 2.75) is 84.8 Å². The number of nitrogens with zero attached hydrogens (tertiary/aromatic N) is 1. The number of amides is 2. The summed E-state index contributed by atoms with van der Waals surface area (Å²) in [4.78, 5) is 27.2. The SMILES string of the molecule is CCC1NC(=O)C(C(C)C)N(C2CCC(C)(C)CC2)C1=O. The van der Waals surface area contributed by atoms with Crippen LogP contribution in [0.2, 0.25) is 0 Å². The van der Waals surface area contributed by atoms with Crippen LogP contribution < -0.4 is 5.32 Å². The molecule has 120 valence electrons. The molecule has 0 spiro atoms. The van der Waals surface area contributed by atoms with Crippen molar-refractivity contribution in [1.29, 1.82) is 0 Å². The molecule has 0 radical (unpaired) electrons. The van der Waals surface area contributed by atoms with Gasteiger partial charge in [-0.3, -0.25) is 9.59 Å². The Morgan fingerprint density at radius 3 is 2.29 bits per heavy atom. The van der Waals surface area contributed by atoms with Gasteiger partial charge in [-0.05, 0) is 43.4 Å². The minimum atomic E-state index is -0.331. The van der Waals surface area contributed by atoms with Crippen LogP contribution in [0.15, 0.2) is 0 Å². The summed E-state index contributed by atoms with van der Waals surface area (Å²) in [5, 5.41) is 2.90. The van der Waals surface area contributed by atoms with Gasteiger partial charge >= 0.3 is 0 Å². The molecule has 0 aromatic rings. The topological polar surface area (TPSA) is 49.4 Å². The van der Waals surface area contributed by atoms with Crippen LogP contribution in [0.3, 0.4) is 0 Å². The lowest BCUT2D eigenvalue weighted by atomic mass is 9.74. The molecule has 1 saturated heterocycles. The van der Waals surface area contributed by atoms with Gasteiger partial charge in [-0.2, -0.15) is 0 Å². The fourth-order valence-corrected chi connectivity index (χ4v) is 3.73. The molecule has 1 heterocycles. The quantitative estimate of drug-likeness (QED) is 0.870. The molecule has 2 fully saturated rings. The Labute approximate surface area is 128 Å². The number of carbonyl (C=O) groups is 2. The highest BCUT2D eigenvalue weighted by Crippen LogP contribution is 2.38. The van der Waals surface area contributed by atoms with E-state index in [0.717, 1.165) is 25.7 Å². The van der Waals surface area contributed by atoms with E-state index in [2.05, 4.69) is 19.2 Å². The lowest BCUT2D eigenvalue weighted by Crippen LogP contribution is -2.67. The number of piperazine rings is 1. The van der Waals surface area contributed by atoms with Crippen LogP contribution >= 0.6 is 0 Å². The average Bonchev–Trinajstić information content (AvgIpc) is 2.40. The average molecular weight is 294 g/mol. The standard InChI is InChI=1S/C17H30N2O2/c1-6-13-16(21)19(14(11(2)3)15(20)18-13)12-7-9-17(4,5)10-8-12/h11-14H,6-10H2,1-5H3,(H,18,20). The normalized spacial score (nSPS) is 30.7. The predicted octanol–water partition coefficient (Wildman–Crippen LogP) is 2.72. The van der Waals surface area contributed by atoms with Crippen molar-refractivity contribution in [1.82, 2.24) is 10.2 Å². The van der Waals surface area contributed by atoms with E-state index >= 15 is 0 Å². The monoisotopic (exact) mass is 294 g/mol. The maximum absolute atomic E-state index is 12.8. The Bertz CT molecular complexity index is 407. The molecule has 2 aliphatic rings. The summed E-state index contributed by atoms with van der Waals surface area (Å²) in [5.41, 5.74) is 0.370. The molecule has 2 amide bonds. The fourth-order valence-electron chi connectivity index (χ4n) is 3.73. The first-order valence-electron chi connectivity index (χ1n) is 8.39. The van der Waals surface area contributed by atoms with Gasteiger partial charge in [0.25, 0.3) is 0 Å². The van der Waals surface area contributed by atoms with E-state index < -0.39 is 0 Å². The van der Waals surface area contributed by atoms with Crippen molar-refractivity contribution in [2.75, 3.05) is 0 Å². The van der Waals surface area contributed by atoms with E-state index in [1.807, 2.05) is 25.7 Å². The largest absolute Gasteiger partial charge is 0.343 e. The minimum absolute atomic E-state index is 0.0290. The molecule has 0 aromatic heterocycles. The maximum atomic E-state index is 12.8. The molecule has 1 aliphatic heterocycles. The lowest BCUT2D eigenvalue weighted by Gasteiger charge is -2.48. The van der Waals surface area contributed by atoms with Gasteiger partial charge in [0.1, 0.15) is 12.1 Å². The second-order valence-electron chi connectivity index (χ2n) is 7.80. The predicted molar refractivity (Wildman–Crippen MR) is 83.7 cm³/mol. The molecular formula is C17H30N2O2. The van der Waals surface area contributed by atoms with Crippen LogP contribution in [0.4, 0.5) is 0 Å². The molecule has 0 aromatic carbocycles. The van der Waals surface area contributed by atoms with Gasteiger partial charge in [0, 0.05) is 6.04 Å². The first kappa shape index (κ1) is 16.3. The number of hydrogen-bond donors (Lipinski definition) is 1. The first-order valence-corrected chi connectivity index (χ1v) is 8.39. The van der Waals surface area contributed by atoms with Gasteiger partial charge < -0.3 is 10.2 Å². The lowest BCUT2D eigenvalue weighted by molar-refractivity contribution is -0.155.